The largest absolute Gasteiger partial charge is 0.392 e. The lowest BCUT2D eigenvalue weighted by molar-refractivity contribution is -0.128. The molecule has 0 spiro atoms. The molecule has 1 amide bonds. The van der Waals surface area contributed by atoms with E-state index in [1.165, 1.54) is 6.42 Å². The van der Waals surface area contributed by atoms with Gasteiger partial charge in [-0.2, -0.15) is 0 Å². The van der Waals surface area contributed by atoms with Crippen LogP contribution in [0.2, 0.25) is 0 Å². The summed E-state index contributed by atoms with van der Waals surface area (Å²) >= 11 is 5.12. The van der Waals surface area contributed by atoms with Crippen molar-refractivity contribution >= 4 is 23.1 Å². The predicted octanol–water partition coefficient (Wildman–Crippen LogP) is 1.77. The Labute approximate surface area is 115 Å². The van der Waals surface area contributed by atoms with Gasteiger partial charge in [0.25, 0.3) is 0 Å². The number of ether oxygens (including phenoxy) is 1. The lowest BCUT2D eigenvalue weighted by Crippen LogP contribution is -2.50. The standard InChI is InChI=1S/C13H24N2O2S/c1-17-10-6-5-9-15-12(16)13(11(14)18)7-3-2-4-8-13/h2-10H2,1H3,(H2,14,18)(H,15,16). The smallest absolute Gasteiger partial charge is 0.233 e. The topological polar surface area (TPSA) is 64.3 Å². The van der Waals surface area contributed by atoms with Crippen molar-refractivity contribution in [3.8, 4) is 0 Å². The number of unbranched alkanes of at least 4 members (excludes halogenated alkanes) is 1. The molecule has 0 aromatic heterocycles. The summed E-state index contributed by atoms with van der Waals surface area (Å²) in [5.74, 6) is 0.0205. The number of carbonyl (C=O) groups excluding carboxylic acids is 1. The van der Waals surface area contributed by atoms with Crippen molar-refractivity contribution < 1.29 is 9.53 Å². The van der Waals surface area contributed by atoms with Gasteiger partial charge < -0.3 is 15.8 Å². The van der Waals surface area contributed by atoms with Crippen molar-refractivity contribution in [1.82, 2.24) is 5.32 Å². The molecular weight excluding hydrogens is 248 g/mol. The third-order valence-electron chi connectivity index (χ3n) is 3.67. The van der Waals surface area contributed by atoms with Gasteiger partial charge >= 0.3 is 0 Å². The predicted molar refractivity (Wildman–Crippen MR) is 76.4 cm³/mol. The van der Waals surface area contributed by atoms with E-state index in [0.29, 0.717) is 11.5 Å². The molecule has 0 aromatic rings. The summed E-state index contributed by atoms with van der Waals surface area (Å²) in [6.45, 7) is 1.41. The molecule has 0 unspecified atom stereocenters. The van der Waals surface area contributed by atoms with Crippen molar-refractivity contribution in [3.63, 3.8) is 0 Å². The first-order valence-corrected chi connectivity index (χ1v) is 7.11. The van der Waals surface area contributed by atoms with Crippen LogP contribution < -0.4 is 11.1 Å². The summed E-state index contributed by atoms with van der Waals surface area (Å²) in [6.07, 6.45) is 6.72. The summed E-state index contributed by atoms with van der Waals surface area (Å²) in [5, 5.41) is 2.97. The molecule has 104 valence electrons. The van der Waals surface area contributed by atoms with Crippen LogP contribution in [0.15, 0.2) is 0 Å². The lowest BCUT2D eigenvalue weighted by atomic mass is 9.73. The number of hydrogen-bond donors (Lipinski definition) is 2. The second kappa shape index (κ2) is 7.69. The van der Waals surface area contributed by atoms with Crippen LogP contribution in [0.1, 0.15) is 44.9 Å². The van der Waals surface area contributed by atoms with Crippen molar-refractivity contribution in [2.75, 3.05) is 20.3 Å². The Kier molecular flexibility index (Phi) is 6.57. The van der Waals surface area contributed by atoms with Gasteiger partial charge in [-0.05, 0) is 25.7 Å². The minimum atomic E-state index is -0.588. The zero-order chi connectivity index (χ0) is 13.4. The van der Waals surface area contributed by atoms with E-state index in [4.69, 9.17) is 22.7 Å². The second-order valence-electron chi connectivity index (χ2n) is 4.96. The van der Waals surface area contributed by atoms with Gasteiger partial charge in [0.2, 0.25) is 5.91 Å². The van der Waals surface area contributed by atoms with E-state index in [1.54, 1.807) is 7.11 Å². The molecule has 0 aliphatic heterocycles. The van der Waals surface area contributed by atoms with Crippen molar-refractivity contribution in [1.29, 1.82) is 0 Å². The van der Waals surface area contributed by atoms with Crippen molar-refractivity contribution in [2.24, 2.45) is 11.1 Å². The normalized spacial score (nSPS) is 18.3. The number of thiocarbonyl (C=S) groups is 1. The average Bonchev–Trinajstić information content (AvgIpc) is 2.39. The van der Waals surface area contributed by atoms with Gasteiger partial charge in [0.05, 0.1) is 10.4 Å². The van der Waals surface area contributed by atoms with E-state index in [1.807, 2.05) is 0 Å². The zero-order valence-corrected chi connectivity index (χ0v) is 12.0. The van der Waals surface area contributed by atoms with Gasteiger partial charge in [-0.1, -0.05) is 31.5 Å². The first-order chi connectivity index (χ1) is 8.63. The van der Waals surface area contributed by atoms with Gasteiger partial charge in [-0.25, -0.2) is 0 Å². The Hall–Kier alpha value is -0.680. The number of hydrogen-bond acceptors (Lipinski definition) is 3. The monoisotopic (exact) mass is 272 g/mol. The van der Waals surface area contributed by atoms with Crippen LogP contribution in [0, 0.1) is 5.41 Å². The van der Waals surface area contributed by atoms with E-state index < -0.39 is 5.41 Å². The second-order valence-corrected chi connectivity index (χ2v) is 5.40. The molecule has 0 saturated heterocycles. The van der Waals surface area contributed by atoms with E-state index in [2.05, 4.69) is 5.32 Å². The Balaban J connectivity index is 2.43. The van der Waals surface area contributed by atoms with E-state index in [9.17, 15) is 4.79 Å². The number of nitrogens with one attached hydrogen (secondary N) is 1. The highest BCUT2D eigenvalue weighted by Crippen LogP contribution is 2.36. The summed E-state index contributed by atoms with van der Waals surface area (Å²) in [5.41, 5.74) is 5.22. The highest BCUT2D eigenvalue weighted by Gasteiger charge is 2.41. The number of amides is 1. The van der Waals surface area contributed by atoms with Crippen molar-refractivity contribution in [2.45, 2.75) is 44.9 Å². The molecule has 0 heterocycles. The van der Waals surface area contributed by atoms with Crippen LogP contribution >= 0.6 is 12.2 Å². The number of methoxy groups -OCH3 is 1. The van der Waals surface area contributed by atoms with E-state index in [0.717, 1.165) is 45.1 Å². The first-order valence-electron chi connectivity index (χ1n) is 6.70. The molecule has 1 aliphatic rings. The SMILES string of the molecule is COCCCCNC(=O)C1(C(N)=S)CCCCC1. The van der Waals surface area contributed by atoms with Crippen LogP contribution in [0.5, 0.6) is 0 Å². The molecule has 1 rings (SSSR count). The van der Waals surface area contributed by atoms with Crippen LogP contribution in [-0.2, 0) is 9.53 Å². The Morgan fingerprint density at radius 1 is 1.33 bits per heavy atom. The highest BCUT2D eigenvalue weighted by molar-refractivity contribution is 7.80. The molecule has 4 nitrogen and oxygen atoms in total. The van der Waals surface area contributed by atoms with E-state index in [-0.39, 0.29) is 5.91 Å². The molecule has 0 bridgehead atoms. The van der Waals surface area contributed by atoms with Gasteiger partial charge in [0, 0.05) is 20.3 Å². The summed E-state index contributed by atoms with van der Waals surface area (Å²) < 4.78 is 4.97. The number of nitrogens with two attached hydrogens (primary N) is 1. The summed E-state index contributed by atoms with van der Waals surface area (Å²) in [4.78, 5) is 12.6. The Morgan fingerprint density at radius 3 is 2.56 bits per heavy atom. The highest BCUT2D eigenvalue weighted by atomic mass is 32.1. The third kappa shape index (κ3) is 3.92. The van der Waals surface area contributed by atoms with Gasteiger partial charge in [-0.15, -0.1) is 0 Å². The van der Waals surface area contributed by atoms with Crippen molar-refractivity contribution in [3.05, 3.63) is 0 Å². The Bertz CT molecular complexity index is 289. The molecule has 0 aromatic carbocycles. The van der Waals surface area contributed by atoms with Crippen LogP contribution in [0.25, 0.3) is 0 Å². The molecule has 1 fully saturated rings. The number of carbonyl (C=O) groups is 1. The fourth-order valence-corrected chi connectivity index (χ4v) is 2.78. The maximum atomic E-state index is 12.3. The zero-order valence-electron chi connectivity index (χ0n) is 11.2. The molecule has 0 radical (unpaired) electrons. The minimum absolute atomic E-state index is 0.0205. The van der Waals surface area contributed by atoms with Crippen LogP contribution in [0.3, 0.4) is 0 Å². The molecule has 5 heteroatoms. The molecule has 1 aliphatic carbocycles. The third-order valence-corrected chi connectivity index (χ3v) is 4.06. The molecular formula is C13H24N2O2S. The van der Waals surface area contributed by atoms with E-state index >= 15 is 0 Å². The minimum Gasteiger partial charge on any atom is -0.392 e. The molecule has 1 saturated carbocycles. The Morgan fingerprint density at radius 2 is 2.00 bits per heavy atom. The van der Waals surface area contributed by atoms with Gasteiger partial charge in [0.15, 0.2) is 0 Å². The first kappa shape index (κ1) is 15.4. The quantitative estimate of drug-likeness (QED) is 0.547. The maximum Gasteiger partial charge on any atom is 0.233 e. The summed E-state index contributed by atoms with van der Waals surface area (Å²) in [6, 6.07) is 0. The van der Waals surface area contributed by atoms with Crippen LogP contribution in [0.4, 0.5) is 0 Å². The average molecular weight is 272 g/mol. The molecule has 3 N–H and O–H groups in total. The van der Waals surface area contributed by atoms with Gasteiger partial charge in [0.1, 0.15) is 0 Å². The fourth-order valence-electron chi connectivity index (χ4n) is 2.48. The van der Waals surface area contributed by atoms with Gasteiger partial charge in [-0.3, -0.25) is 4.79 Å². The lowest BCUT2D eigenvalue weighted by Gasteiger charge is -2.34. The van der Waals surface area contributed by atoms with Crippen LogP contribution in [-0.4, -0.2) is 31.2 Å². The molecule has 18 heavy (non-hydrogen) atoms. The maximum absolute atomic E-state index is 12.3. The summed E-state index contributed by atoms with van der Waals surface area (Å²) in [7, 11) is 1.68. The number of rotatable bonds is 7. The fraction of sp³-hybridized carbons (Fsp3) is 0.846. The molecule has 0 atom stereocenters.